The molecule has 5 heteroatoms. The van der Waals surface area contributed by atoms with Crippen LogP contribution in [0.25, 0.3) is 5.57 Å². The van der Waals surface area contributed by atoms with Gasteiger partial charge < -0.3 is 4.74 Å². The summed E-state index contributed by atoms with van der Waals surface area (Å²) in [7, 11) is 0. The first-order valence-electron chi connectivity index (χ1n) is 4.56. The van der Waals surface area contributed by atoms with Gasteiger partial charge in [0.2, 0.25) is 5.88 Å². The lowest BCUT2D eigenvalue weighted by Crippen LogP contribution is -2.27. The van der Waals surface area contributed by atoms with Crippen molar-refractivity contribution in [3.8, 4) is 5.88 Å². The molecular formula is C10H10N2O3. The quantitative estimate of drug-likeness (QED) is 0.712. The Balaban J connectivity index is 2.77. The van der Waals surface area contributed by atoms with Gasteiger partial charge in [0.15, 0.2) is 0 Å². The fraction of sp³-hybridized carbons (Fsp3) is 0.200. The molecule has 0 bridgehead atoms. The Morgan fingerprint density at radius 2 is 2.13 bits per heavy atom. The number of fused-ring (bicyclic) bond motifs is 1. The first kappa shape index (κ1) is 9.51. The van der Waals surface area contributed by atoms with Gasteiger partial charge in [-0.15, -0.1) is 0 Å². The van der Waals surface area contributed by atoms with Gasteiger partial charge in [-0.2, -0.15) is 0 Å². The Morgan fingerprint density at radius 3 is 2.80 bits per heavy atom. The van der Waals surface area contributed by atoms with Gasteiger partial charge in [-0.25, -0.2) is 4.79 Å². The standard InChI is InChI=1S/C10H10N2O3/c1-3-6-4-5(2)15-9-7(6)8(13)11-10(14)12-9/h4H,2-3H2,1H3,(H2,11,12,13,14). The molecule has 0 aromatic carbocycles. The van der Waals surface area contributed by atoms with E-state index in [0.717, 1.165) is 5.57 Å². The number of H-pyrrole nitrogens is 2. The predicted octanol–water partition coefficient (Wildman–Crippen LogP) is 0.763. The molecule has 1 aliphatic rings. The smallest absolute Gasteiger partial charge is 0.328 e. The van der Waals surface area contributed by atoms with Crippen LogP contribution in [-0.2, 0) is 0 Å². The van der Waals surface area contributed by atoms with Crippen molar-refractivity contribution in [1.82, 2.24) is 9.97 Å². The van der Waals surface area contributed by atoms with Crippen LogP contribution in [0.4, 0.5) is 0 Å². The normalized spacial score (nSPS) is 14.2. The summed E-state index contributed by atoms with van der Waals surface area (Å²) in [5.41, 5.74) is 0.168. The topological polar surface area (TPSA) is 75.0 Å². The number of allylic oxidation sites excluding steroid dienone is 2. The molecule has 0 unspecified atom stereocenters. The van der Waals surface area contributed by atoms with Crippen molar-refractivity contribution >= 4 is 5.57 Å². The summed E-state index contributed by atoms with van der Waals surface area (Å²) >= 11 is 0. The number of nitrogens with one attached hydrogen (secondary N) is 2. The van der Waals surface area contributed by atoms with Crippen LogP contribution in [0.5, 0.6) is 5.88 Å². The molecule has 0 fully saturated rings. The molecule has 0 atom stereocenters. The van der Waals surface area contributed by atoms with E-state index in [1.807, 2.05) is 6.92 Å². The van der Waals surface area contributed by atoms with Gasteiger partial charge >= 0.3 is 5.69 Å². The molecule has 2 heterocycles. The van der Waals surface area contributed by atoms with Gasteiger partial charge in [0.1, 0.15) is 11.3 Å². The highest BCUT2D eigenvalue weighted by molar-refractivity contribution is 5.72. The van der Waals surface area contributed by atoms with Gasteiger partial charge in [-0.05, 0) is 18.1 Å². The van der Waals surface area contributed by atoms with Crippen molar-refractivity contribution in [2.75, 3.05) is 0 Å². The minimum atomic E-state index is -0.580. The number of hydrogen-bond donors (Lipinski definition) is 2. The molecule has 5 nitrogen and oxygen atoms in total. The van der Waals surface area contributed by atoms with Crippen LogP contribution < -0.4 is 16.0 Å². The van der Waals surface area contributed by atoms with Gasteiger partial charge in [-0.3, -0.25) is 14.8 Å². The summed E-state index contributed by atoms with van der Waals surface area (Å²) < 4.78 is 5.18. The zero-order valence-electron chi connectivity index (χ0n) is 8.22. The second kappa shape index (κ2) is 3.27. The Bertz CT molecular complexity index is 563. The zero-order chi connectivity index (χ0) is 11.0. The minimum Gasteiger partial charge on any atom is -0.441 e. The van der Waals surface area contributed by atoms with E-state index in [4.69, 9.17) is 4.74 Å². The second-order valence-corrected chi connectivity index (χ2v) is 3.20. The molecule has 1 aliphatic heterocycles. The van der Waals surface area contributed by atoms with Crippen LogP contribution in [-0.4, -0.2) is 9.97 Å². The number of aromatic amines is 2. The first-order valence-corrected chi connectivity index (χ1v) is 4.56. The van der Waals surface area contributed by atoms with Crippen molar-refractivity contribution in [3.63, 3.8) is 0 Å². The lowest BCUT2D eigenvalue weighted by atomic mass is 10.0. The Morgan fingerprint density at radius 1 is 1.40 bits per heavy atom. The maximum atomic E-state index is 11.5. The lowest BCUT2D eigenvalue weighted by molar-refractivity contribution is 0.418. The van der Waals surface area contributed by atoms with Gasteiger partial charge in [0.05, 0.1) is 0 Å². The van der Waals surface area contributed by atoms with Crippen molar-refractivity contribution < 1.29 is 4.74 Å². The Labute approximate surface area is 85.1 Å². The Hall–Kier alpha value is -2.04. The summed E-state index contributed by atoms with van der Waals surface area (Å²) in [6.07, 6.45) is 2.36. The molecule has 2 rings (SSSR count). The summed E-state index contributed by atoms with van der Waals surface area (Å²) in [5.74, 6) is 0.591. The Kier molecular flexibility index (Phi) is 2.07. The van der Waals surface area contributed by atoms with Crippen LogP contribution >= 0.6 is 0 Å². The minimum absolute atomic E-state index is 0.174. The van der Waals surface area contributed by atoms with Crippen LogP contribution in [0.15, 0.2) is 28.0 Å². The van der Waals surface area contributed by atoms with Gasteiger partial charge in [-0.1, -0.05) is 13.5 Å². The SMILES string of the molecule is C=C1C=C(CC)c2c([nH]c(=O)[nH]c2=O)O1. The van der Waals surface area contributed by atoms with Gasteiger partial charge in [0.25, 0.3) is 5.56 Å². The summed E-state index contributed by atoms with van der Waals surface area (Å²) in [6, 6.07) is 0. The number of aromatic nitrogens is 2. The number of ether oxygens (including phenoxy) is 1. The number of rotatable bonds is 1. The summed E-state index contributed by atoms with van der Waals surface area (Å²) in [6.45, 7) is 5.55. The van der Waals surface area contributed by atoms with E-state index in [2.05, 4.69) is 16.5 Å². The molecule has 1 aromatic heterocycles. The largest absolute Gasteiger partial charge is 0.441 e. The van der Waals surface area contributed by atoms with Crippen molar-refractivity contribution in [1.29, 1.82) is 0 Å². The third kappa shape index (κ3) is 1.52. The van der Waals surface area contributed by atoms with E-state index in [0.29, 0.717) is 17.7 Å². The van der Waals surface area contributed by atoms with Crippen molar-refractivity contribution in [2.24, 2.45) is 0 Å². The third-order valence-electron chi connectivity index (χ3n) is 2.18. The van der Waals surface area contributed by atoms with E-state index in [1.54, 1.807) is 6.08 Å². The molecule has 0 spiro atoms. The third-order valence-corrected chi connectivity index (χ3v) is 2.18. The fourth-order valence-electron chi connectivity index (χ4n) is 1.54. The summed E-state index contributed by atoms with van der Waals surface area (Å²) in [4.78, 5) is 27.1. The summed E-state index contributed by atoms with van der Waals surface area (Å²) in [5, 5.41) is 0. The molecule has 78 valence electrons. The molecule has 0 radical (unpaired) electrons. The van der Waals surface area contributed by atoms with E-state index in [1.165, 1.54) is 0 Å². The second-order valence-electron chi connectivity index (χ2n) is 3.20. The average Bonchev–Trinajstić information content (AvgIpc) is 2.14. The molecule has 0 saturated heterocycles. The van der Waals surface area contributed by atoms with Crippen molar-refractivity contribution in [3.05, 3.63) is 44.8 Å². The molecule has 0 aliphatic carbocycles. The number of hydrogen-bond acceptors (Lipinski definition) is 3. The van der Waals surface area contributed by atoms with Crippen LogP contribution in [0.2, 0.25) is 0 Å². The van der Waals surface area contributed by atoms with E-state index in [9.17, 15) is 9.59 Å². The highest BCUT2D eigenvalue weighted by atomic mass is 16.5. The molecule has 1 aromatic rings. The molecule has 2 N–H and O–H groups in total. The monoisotopic (exact) mass is 206 g/mol. The van der Waals surface area contributed by atoms with E-state index >= 15 is 0 Å². The zero-order valence-corrected chi connectivity index (χ0v) is 8.22. The predicted molar refractivity (Wildman–Crippen MR) is 55.7 cm³/mol. The molecular weight excluding hydrogens is 196 g/mol. The fourth-order valence-corrected chi connectivity index (χ4v) is 1.54. The van der Waals surface area contributed by atoms with Crippen LogP contribution in [0, 0.1) is 0 Å². The average molecular weight is 206 g/mol. The lowest BCUT2D eigenvalue weighted by Gasteiger charge is -2.16. The van der Waals surface area contributed by atoms with Crippen LogP contribution in [0.1, 0.15) is 18.9 Å². The van der Waals surface area contributed by atoms with Crippen molar-refractivity contribution in [2.45, 2.75) is 13.3 Å². The van der Waals surface area contributed by atoms with E-state index in [-0.39, 0.29) is 5.88 Å². The maximum absolute atomic E-state index is 11.5. The van der Waals surface area contributed by atoms with Gasteiger partial charge in [0, 0.05) is 0 Å². The highest BCUT2D eigenvalue weighted by Gasteiger charge is 2.19. The maximum Gasteiger partial charge on any atom is 0.328 e. The highest BCUT2D eigenvalue weighted by Crippen LogP contribution is 2.28. The van der Waals surface area contributed by atoms with E-state index < -0.39 is 11.2 Å². The first-order chi connectivity index (χ1) is 7.11. The molecule has 15 heavy (non-hydrogen) atoms. The van der Waals surface area contributed by atoms with Crippen LogP contribution in [0.3, 0.4) is 0 Å². The molecule has 0 amide bonds. The molecule has 0 saturated carbocycles.